The third-order valence-electron chi connectivity index (χ3n) is 5.94. The topological polar surface area (TPSA) is 72.9 Å². The first-order valence-corrected chi connectivity index (χ1v) is 11.4. The van der Waals surface area contributed by atoms with Crippen molar-refractivity contribution in [1.29, 1.82) is 0 Å². The Morgan fingerprint density at radius 2 is 1.96 bits per heavy atom. The summed E-state index contributed by atoms with van der Waals surface area (Å²) < 4.78 is 11.1. The van der Waals surface area contributed by atoms with E-state index in [0.29, 0.717) is 6.42 Å². The maximum atomic E-state index is 12.7. The Morgan fingerprint density at radius 1 is 1.38 bits per heavy atom. The van der Waals surface area contributed by atoms with Gasteiger partial charge in [-0.25, -0.2) is 4.79 Å². The largest absolute Gasteiger partial charge is 0.467 e. The van der Waals surface area contributed by atoms with Gasteiger partial charge in [0.05, 0.1) is 19.1 Å². The molecule has 1 amide bonds. The van der Waals surface area contributed by atoms with Crippen LogP contribution in [0.15, 0.2) is 0 Å². The molecule has 2 rings (SSSR count). The highest BCUT2D eigenvalue weighted by Crippen LogP contribution is 2.46. The van der Waals surface area contributed by atoms with Crippen LogP contribution in [0.5, 0.6) is 0 Å². The number of fused-ring (bicyclic) bond motifs is 1. The Hall–Kier alpha value is -1.21. The van der Waals surface area contributed by atoms with Gasteiger partial charge in [-0.15, -0.1) is 0 Å². The number of aldehydes is 1. The molecule has 0 saturated carbocycles. The Morgan fingerprint density at radius 3 is 2.42 bits per heavy atom. The summed E-state index contributed by atoms with van der Waals surface area (Å²) in [7, 11) is -0.709. The monoisotopic (exact) mass is 355 g/mol. The van der Waals surface area contributed by atoms with E-state index in [2.05, 4.69) is 33.9 Å². The maximum Gasteiger partial charge on any atom is 0.329 e. The zero-order valence-electron chi connectivity index (χ0n) is 15.7. The Bertz CT molecular complexity index is 542. The highest BCUT2D eigenvalue weighted by molar-refractivity contribution is 6.74. The standard InChI is InChI=1S/C17H29NO5Si/c1-10(23-24(6,7)17(2,3)4)13-12-8-11(9-19)14(16(21)22-5)18(12)15(13)20/h9-14H,8H2,1-7H3/t10-,11+,12-,13-,14-/m1/s1. The number of amides is 1. The number of hydrogen-bond donors (Lipinski definition) is 0. The first kappa shape index (κ1) is 19.1. The second-order valence-electron chi connectivity index (χ2n) is 8.43. The molecule has 5 atom stereocenters. The smallest absolute Gasteiger partial charge is 0.329 e. The molecule has 2 aliphatic heterocycles. The molecule has 2 aliphatic rings. The molecule has 0 N–H and O–H groups in total. The molecule has 7 heteroatoms. The van der Waals surface area contributed by atoms with E-state index in [9.17, 15) is 14.4 Å². The first-order valence-electron chi connectivity index (χ1n) is 8.49. The van der Waals surface area contributed by atoms with Gasteiger partial charge in [0.2, 0.25) is 5.91 Å². The fraction of sp³-hybridized carbons (Fsp3) is 0.824. The summed E-state index contributed by atoms with van der Waals surface area (Å²) in [5.74, 6) is -1.39. The Kier molecular flexibility index (Phi) is 4.98. The van der Waals surface area contributed by atoms with Crippen LogP contribution >= 0.6 is 0 Å². The van der Waals surface area contributed by atoms with E-state index in [4.69, 9.17) is 9.16 Å². The molecule has 0 unspecified atom stereocenters. The molecule has 6 nitrogen and oxygen atoms in total. The SMILES string of the molecule is COC(=O)[C@H]1[C@H](C=O)C[C@@H]2[C@@H]([C@@H](C)O[Si](C)(C)C(C)(C)C)C(=O)N21. The van der Waals surface area contributed by atoms with Crippen LogP contribution in [0, 0.1) is 11.8 Å². The van der Waals surface area contributed by atoms with Gasteiger partial charge < -0.3 is 18.9 Å². The molecule has 0 aromatic rings. The van der Waals surface area contributed by atoms with E-state index in [0.717, 1.165) is 6.29 Å². The van der Waals surface area contributed by atoms with E-state index in [1.807, 2.05) is 6.92 Å². The number of nitrogens with zero attached hydrogens (tertiary/aromatic N) is 1. The van der Waals surface area contributed by atoms with Crippen molar-refractivity contribution in [2.45, 2.75) is 70.4 Å². The third kappa shape index (κ3) is 2.92. The molecular weight excluding hydrogens is 326 g/mol. The maximum absolute atomic E-state index is 12.7. The second kappa shape index (κ2) is 6.26. The van der Waals surface area contributed by atoms with Crippen molar-refractivity contribution in [3.8, 4) is 0 Å². The number of hydrogen-bond acceptors (Lipinski definition) is 5. The summed E-state index contributed by atoms with van der Waals surface area (Å²) in [5, 5.41) is 0.0588. The normalized spacial score (nSPS) is 31.3. The lowest BCUT2D eigenvalue weighted by Crippen LogP contribution is -2.66. The van der Waals surface area contributed by atoms with Crippen LogP contribution in [0.25, 0.3) is 0 Å². The van der Waals surface area contributed by atoms with Gasteiger partial charge in [0.1, 0.15) is 12.3 Å². The van der Waals surface area contributed by atoms with Crippen LogP contribution in [0.2, 0.25) is 18.1 Å². The minimum atomic E-state index is -1.99. The molecule has 0 aromatic heterocycles. The summed E-state index contributed by atoms with van der Waals surface area (Å²) in [6.45, 7) is 12.7. The summed E-state index contributed by atoms with van der Waals surface area (Å²) in [4.78, 5) is 37.5. The van der Waals surface area contributed by atoms with Crippen LogP contribution in [0.4, 0.5) is 0 Å². The van der Waals surface area contributed by atoms with Crippen LogP contribution in [0.3, 0.4) is 0 Å². The molecule has 2 heterocycles. The van der Waals surface area contributed by atoms with Crippen molar-refractivity contribution in [2.24, 2.45) is 11.8 Å². The van der Waals surface area contributed by atoms with Gasteiger partial charge in [-0.1, -0.05) is 20.8 Å². The molecule has 24 heavy (non-hydrogen) atoms. The predicted molar refractivity (Wildman–Crippen MR) is 91.8 cm³/mol. The molecule has 136 valence electrons. The number of carbonyl (C=O) groups excluding carboxylic acids is 3. The number of rotatable bonds is 5. The van der Waals surface area contributed by atoms with Crippen molar-refractivity contribution in [3.63, 3.8) is 0 Å². The molecule has 2 fully saturated rings. The molecule has 0 aliphatic carbocycles. The van der Waals surface area contributed by atoms with Gasteiger partial charge in [-0.05, 0) is 31.5 Å². The lowest BCUT2D eigenvalue weighted by molar-refractivity contribution is -0.170. The van der Waals surface area contributed by atoms with Crippen molar-refractivity contribution in [2.75, 3.05) is 7.11 Å². The van der Waals surface area contributed by atoms with Crippen molar-refractivity contribution in [3.05, 3.63) is 0 Å². The van der Waals surface area contributed by atoms with Crippen molar-refractivity contribution < 1.29 is 23.5 Å². The summed E-state index contributed by atoms with van der Waals surface area (Å²) in [5.41, 5.74) is 0. The van der Waals surface area contributed by atoms with E-state index >= 15 is 0 Å². The van der Waals surface area contributed by atoms with E-state index in [-0.39, 0.29) is 29.0 Å². The molecule has 0 bridgehead atoms. The average molecular weight is 356 g/mol. The van der Waals surface area contributed by atoms with Crippen LogP contribution in [0.1, 0.15) is 34.1 Å². The fourth-order valence-corrected chi connectivity index (χ4v) is 5.01. The van der Waals surface area contributed by atoms with Gasteiger partial charge in [0, 0.05) is 12.0 Å². The Balaban J connectivity index is 2.15. The van der Waals surface area contributed by atoms with Crippen molar-refractivity contribution in [1.82, 2.24) is 4.90 Å². The van der Waals surface area contributed by atoms with Crippen LogP contribution in [-0.2, 0) is 23.5 Å². The summed E-state index contributed by atoms with van der Waals surface area (Å²) in [6.07, 6.45) is 1.05. The summed E-state index contributed by atoms with van der Waals surface area (Å²) >= 11 is 0. The lowest BCUT2D eigenvalue weighted by atomic mass is 9.83. The Labute approximate surface area is 145 Å². The third-order valence-corrected chi connectivity index (χ3v) is 10.5. The van der Waals surface area contributed by atoms with Crippen LogP contribution < -0.4 is 0 Å². The highest BCUT2D eigenvalue weighted by atomic mass is 28.4. The number of methoxy groups -OCH3 is 1. The molecular formula is C17H29NO5Si. The number of esters is 1. The molecule has 0 spiro atoms. The van der Waals surface area contributed by atoms with Gasteiger partial charge in [-0.3, -0.25) is 4.79 Å². The minimum absolute atomic E-state index is 0.0588. The first-order chi connectivity index (χ1) is 11.0. The zero-order chi connectivity index (χ0) is 18.4. The van der Waals surface area contributed by atoms with Gasteiger partial charge in [0.15, 0.2) is 8.32 Å². The summed E-state index contributed by atoms with van der Waals surface area (Å²) in [6, 6.07) is -0.891. The fourth-order valence-electron chi connectivity index (χ4n) is 3.58. The van der Waals surface area contributed by atoms with Crippen molar-refractivity contribution >= 4 is 26.5 Å². The van der Waals surface area contributed by atoms with E-state index in [1.54, 1.807) is 0 Å². The number of β-lactam (4-membered cyclic amide) rings is 1. The van der Waals surface area contributed by atoms with Gasteiger partial charge in [0.25, 0.3) is 0 Å². The zero-order valence-corrected chi connectivity index (χ0v) is 16.7. The van der Waals surface area contributed by atoms with Gasteiger partial charge >= 0.3 is 5.97 Å². The number of carbonyl (C=O) groups is 3. The van der Waals surface area contributed by atoms with Crippen LogP contribution in [-0.4, -0.2) is 56.7 Å². The van der Waals surface area contributed by atoms with Gasteiger partial charge in [-0.2, -0.15) is 0 Å². The average Bonchev–Trinajstić information content (AvgIpc) is 2.78. The quantitative estimate of drug-likeness (QED) is 0.326. The molecule has 0 aromatic carbocycles. The molecule has 0 radical (unpaired) electrons. The second-order valence-corrected chi connectivity index (χ2v) is 13.2. The highest BCUT2D eigenvalue weighted by Gasteiger charge is 2.62. The number of ether oxygens (including phenoxy) is 1. The minimum Gasteiger partial charge on any atom is -0.467 e. The van der Waals surface area contributed by atoms with E-state index < -0.39 is 26.2 Å². The van der Waals surface area contributed by atoms with E-state index in [1.165, 1.54) is 12.0 Å². The predicted octanol–water partition coefficient (Wildman–Crippen LogP) is 1.98. The lowest BCUT2D eigenvalue weighted by Gasteiger charge is -2.49. The molecule has 2 saturated heterocycles.